The third kappa shape index (κ3) is 3.24. The number of urea groups is 1. The average molecular weight is 308 g/mol. The lowest BCUT2D eigenvalue weighted by molar-refractivity contribution is -0.144. The van der Waals surface area contributed by atoms with Crippen molar-refractivity contribution >= 4 is 23.8 Å². The molecule has 1 fully saturated rings. The van der Waals surface area contributed by atoms with Crippen LogP contribution >= 0.6 is 0 Å². The quantitative estimate of drug-likeness (QED) is 0.558. The zero-order valence-corrected chi connectivity index (χ0v) is 13.2. The fourth-order valence-electron chi connectivity index (χ4n) is 1.88. The van der Waals surface area contributed by atoms with Gasteiger partial charge >= 0.3 is 17.8 Å². The van der Waals surface area contributed by atoms with E-state index in [1.54, 1.807) is 27.7 Å². The first-order valence-electron chi connectivity index (χ1n) is 7.07. The fourth-order valence-corrected chi connectivity index (χ4v) is 1.88. The van der Waals surface area contributed by atoms with Crippen molar-refractivity contribution < 1.29 is 19.2 Å². The minimum Gasteiger partial charge on any atom is -0.336 e. The highest BCUT2D eigenvalue weighted by molar-refractivity contribution is 6.45. The number of carbonyl (C=O) groups excluding carboxylic acids is 4. The van der Waals surface area contributed by atoms with Crippen LogP contribution in [0.15, 0.2) is 0 Å². The number of nitrogens with one attached hydrogen (secondary N) is 1. The number of hydrogen-bond donors (Lipinski definition) is 1. The molecule has 8 heteroatoms. The van der Waals surface area contributed by atoms with Crippen LogP contribution in [0.1, 0.15) is 34.1 Å². The number of carbonyl (C=O) groups is 4. The van der Waals surface area contributed by atoms with Crippen molar-refractivity contribution in [2.45, 2.75) is 39.7 Å². The molecule has 0 unspecified atom stereocenters. The number of hydrogen-bond acceptors (Lipinski definition) is 5. The molecule has 8 nitrogen and oxygen atoms in total. The second-order valence-electron chi connectivity index (χ2n) is 5.65. The van der Waals surface area contributed by atoms with Gasteiger partial charge in [0.05, 0.1) is 6.07 Å². The summed E-state index contributed by atoms with van der Waals surface area (Å²) >= 11 is 0. The van der Waals surface area contributed by atoms with E-state index in [0.29, 0.717) is 11.3 Å². The summed E-state index contributed by atoms with van der Waals surface area (Å²) in [4.78, 5) is 48.9. The summed E-state index contributed by atoms with van der Waals surface area (Å²) in [7, 11) is 0. The van der Waals surface area contributed by atoms with Crippen LogP contribution in [0.3, 0.4) is 0 Å². The Balaban J connectivity index is 2.81. The molecule has 1 rings (SSSR count). The van der Waals surface area contributed by atoms with Gasteiger partial charge in [-0.1, -0.05) is 20.8 Å². The Morgan fingerprint density at radius 2 is 1.82 bits per heavy atom. The van der Waals surface area contributed by atoms with Crippen LogP contribution < -0.4 is 5.32 Å². The van der Waals surface area contributed by atoms with Gasteiger partial charge in [-0.05, 0) is 19.3 Å². The SMILES string of the molecule is CCCN1C(=O)C(=O)N(CC(=O)N[C@](C)(C#N)C(C)C)C1=O. The maximum absolute atomic E-state index is 12.0. The highest BCUT2D eigenvalue weighted by atomic mass is 16.2. The zero-order chi connectivity index (χ0) is 17.1. The van der Waals surface area contributed by atoms with Crippen molar-refractivity contribution in [3.8, 4) is 6.07 Å². The highest BCUT2D eigenvalue weighted by Crippen LogP contribution is 2.16. The molecule has 0 spiro atoms. The summed E-state index contributed by atoms with van der Waals surface area (Å²) in [5.74, 6) is -2.77. The summed E-state index contributed by atoms with van der Waals surface area (Å²) in [6, 6.07) is 1.20. The van der Waals surface area contributed by atoms with Gasteiger partial charge in [-0.25, -0.2) is 9.69 Å². The molecular formula is C14H20N4O4. The predicted molar refractivity (Wildman–Crippen MR) is 76.1 cm³/mol. The van der Waals surface area contributed by atoms with E-state index >= 15 is 0 Å². The van der Waals surface area contributed by atoms with Gasteiger partial charge in [0.2, 0.25) is 5.91 Å². The van der Waals surface area contributed by atoms with Crippen LogP contribution in [0, 0.1) is 17.2 Å². The largest absolute Gasteiger partial charge is 0.336 e. The van der Waals surface area contributed by atoms with E-state index in [1.165, 1.54) is 0 Å². The van der Waals surface area contributed by atoms with Crippen molar-refractivity contribution in [2.75, 3.05) is 13.1 Å². The third-order valence-corrected chi connectivity index (χ3v) is 3.67. The molecule has 0 aliphatic carbocycles. The van der Waals surface area contributed by atoms with E-state index in [-0.39, 0.29) is 12.5 Å². The van der Waals surface area contributed by atoms with E-state index in [1.807, 2.05) is 6.07 Å². The molecule has 0 aromatic carbocycles. The molecule has 1 aliphatic rings. The Morgan fingerprint density at radius 1 is 1.27 bits per heavy atom. The zero-order valence-electron chi connectivity index (χ0n) is 13.2. The number of rotatable bonds is 6. The van der Waals surface area contributed by atoms with Crippen molar-refractivity contribution in [3.05, 3.63) is 0 Å². The standard InChI is InChI=1S/C14H20N4O4/c1-5-6-17-11(20)12(21)18(13(17)22)7-10(19)16-14(4,8-15)9(2)3/h9H,5-7H2,1-4H3,(H,16,19)/t14-/m1/s1. The van der Waals surface area contributed by atoms with Crippen LogP contribution in [0.4, 0.5) is 4.79 Å². The van der Waals surface area contributed by atoms with Gasteiger partial charge in [0, 0.05) is 6.54 Å². The first kappa shape index (κ1) is 17.6. The molecule has 0 aromatic rings. The monoisotopic (exact) mass is 308 g/mol. The molecular weight excluding hydrogens is 288 g/mol. The summed E-state index contributed by atoms with van der Waals surface area (Å²) in [6.45, 7) is 6.40. The molecule has 5 amide bonds. The molecule has 0 radical (unpaired) electrons. The van der Waals surface area contributed by atoms with Crippen molar-refractivity contribution in [1.29, 1.82) is 5.26 Å². The Kier molecular flexibility index (Phi) is 5.25. The first-order valence-corrected chi connectivity index (χ1v) is 7.07. The Labute approximate surface area is 129 Å². The molecule has 120 valence electrons. The molecule has 1 atom stereocenters. The van der Waals surface area contributed by atoms with Crippen LogP contribution in [0.25, 0.3) is 0 Å². The van der Waals surface area contributed by atoms with Gasteiger partial charge in [-0.3, -0.25) is 19.3 Å². The van der Waals surface area contributed by atoms with Crippen LogP contribution in [0.5, 0.6) is 0 Å². The van der Waals surface area contributed by atoms with Gasteiger partial charge < -0.3 is 5.32 Å². The fraction of sp³-hybridized carbons (Fsp3) is 0.643. The van der Waals surface area contributed by atoms with E-state index < -0.39 is 35.8 Å². The number of nitrogens with zero attached hydrogens (tertiary/aromatic N) is 3. The van der Waals surface area contributed by atoms with Gasteiger partial charge in [0.25, 0.3) is 0 Å². The molecule has 1 aliphatic heterocycles. The van der Waals surface area contributed by atoms with Crippen LogP contribution in [-0.2, 0) is 14.4 Å². The minimum absolute atomic E-state index is 0.128. The third-order valence-electron chi connectivity index (χ3n) is 3.67. The Hall–Kier alpha value is -2.43. The predicted octanol–water partition coefficient (Wildman–Crippen LogP) is 0.242. The van der Waals surface area contributed by atoms with E-state index in [9.17, 15) is 19.2 Å². The maximum atomic E-state index is 12.0. The molecule has 0 aromatic heterocycles. The van der Waals surface area contributed by atoms with E-state index in [4.69, 9.17) is 5.26 Å². The van der Waals surface area contributed by atoms with E-state index in [0.717, 1.165) is 4.90 Å². The van der Waals surface area contributed by atoms with E-state index in [2.05, 4.69) is 5.32 Å². The first-order chi connectivity index (χ1) is 10.2. The number of amides is 5. The molecule has 0 bridgehead atoms. The second kappa shape index (κ2) is 6.56. The molecule has 1 N–H and O–H groups in total. The summed E-state index contributed by atoms with van der Waals surface area (Å²) in [5.41, 5.74) is -1.12. The van der Waals surface area contributed by atoms with Gasteiger partial charge in [0.1, 0.15) is 12.1 Å². The van der Waals surface area contributed by atoms with Crippen LogP contribution in [-0.4, -0.2) is 52.2 Å². The molecule has 22 heavy (non-hydrogen) atoms. The van der Waals surface area contributed by atoms with Crippen molar-refractivity contribution in [2.24, 2.45) is 5.92 Å². The smallest absolute Gasteiger partial charge is 0.334 e. The van der Waals surface area contributed by atoms with Gasteiger partial charge in [0.15, 0.2) is 0 Å². The maximum Gasteiger partial charge on any atom is 0.334 e. The lowest BCUT2D eigenvalue weighted by Gasteiger charge is -2.28. The van der Waals surface area contributed by atoms with Gasteiger partial charge in [-0.2, -0.15) is 5.26 Å². The number of imide groups is 2. The van der Waals surface area contributed by atoms with Crippen molar-refractivity contribution in [3.63, 3.8) is 0 Å². The normalized spacial score (nSPS) is 17.7. The lowest BCUT2D eigenvalue weighted by atomic mass is 9.90. The summed E-state index contributed by atoms with van der Waals surface area (Å²) < 4.78 is 0. The summed E-state index contributed by atoms with van der Waals surface area (Å²) in [6.07, 6.45) is 0.519. The molecule has 1 saturated heterocycles. The molecule has 0 saturated carbocycles. The van der Waals surface area contributed by atoms with Gasteiger partial charge in [-0.15, -0.1) is 0 Å². The number of nitriles is 1. The Morgan fingerprint density at radius 3 is 2.27 bits per heavy atom. The average Bonchev–Trinajstić information content (AvgIpc) is 2.65. The Bertz CT molecular complexity index is 552. The van der Waals surface area contributed by atoms with Crippen LogP contribution in [0.2, 0.25) is 0 Å². The molecule has 1 heterocycles. The summed E-state index contributed by atoms with van der Waals surface area (Å²) in [5, 5.41) is 11.6. The van der Waals surface area contributed by atoms with Crippen molar-refractivity contribution in [1.82, 2.24) is 15.1 Å². The highest BCUT2D eigenvalue weighted by Gasteiger charge is 2.45. The minimum atomic E-state index is -1.12. The lowest BCUT2D eigenvalue weighted by Crippen LogP contribution is -2.52. The second-order valence-corrected chi connectivity index (χ2v) is 5.65. The topological polar surface area (TPSA) is 111 Å².